The first-order valence-corrected chi connectivity index (χ1v) is 8.33. The fourth-order valence-corrected chi connectivity index (χ4v) is 3.30. The summed E-state index contributed by atoms with van der Waals surface area (Å²) in [6.07, 6.45) is 0. The van der Waals surface area contributed by atoms with Crippen LogP contribution in [0.15, 0.2) is 29.2 Å². The minimum atomic E-state index is -3.73. The van der Waals surface area contributed by atoms with Crippen molar-refractivity contribution in [3.05, 3.63) is 39.6 Å². The zero-order valence-corrected chi connectivity index (χ0v) is 13.4. The van der Waals surface area contributed by atoms with Crippen LogP contribution in [-0.2, 0) is 15.4 Å². The molecule has 0 N–H and O–H groups in total. The van der Waals surface area contributed by atoms with Crippen molar-refractivity contribution in [2.75, 3.05) is 0 Å². The van der Waals surface area contributed by atoms with Gasteiger partial charge in [0.15, 0.2) is 0 Å². The molecule has 0 aliphatic rings. The predicted octanol–water partition coefficient (Wildman–Crippen LogP) is 3.54. The molecule has 1 aromatic heterocycles. The molecule has 1 heterocycles. The Balaban J connectivity index is 2.26. The second-order valence-electron chi connectivity index (χ2n) is 5.44. The molecule has 108 valence electrons. The maximum Gasteiger partial charge on any atom is 0.203 e. The molecule has 0 atom stereocenters. The average molecular weight is 310 g/mol. The monoisotopic (exact) mass is 310 g/mol. The van der Waals surface area contributed by atoms with Crippen LogP contribution >= 0.6 is 11.3 Å². The third kappa shape index (κ3) is 3.34. The normalized spacial score (nSPS) is 12.4. The Kier molecular flexibility index (Phi) is 3.84. The van der Waals surface area contributed by atoms with Crippen LogP contribution in [0.4, 0.5) is 5.13 Å². The Bertz CT molecular complexity index is 698. The van der Waals surface area contributed by atoms with E-state index in [-0.39, 0.29) is 15.4 Å². The first-order valence-electron chi connectivity index (χ1n) is 6.07. The standard InChI is InChI=1S/C13H16N3O2S2/c1-9-14-15-12(19-9)16-20(17,18)11-7-5-10(6-8-11)13(2,3)4/h5-8H,1-4H3/q-1. The van der Waals surface area contributed by atoms with E-state index in [4.69, 9.17) is 0 Å². The topological polar surface area (TPSA) is 74.0 Å². The summed E-state index contributed by atoms with van der Waals surface area (Å²) in [4.78, 5) is 0.165. The van der Waals surface area contributed by atoms with Gasteiger partial charge in [0.05, 0.1) is 9.90 Å². The number of hydrogen-bond acceptors (Lipinski definition) is 5. The summed E-state index contributed by atoms with van der Waals surface area (Å²) < 4.78 is 28.0. The van der Waals surface area contributed by atoms with Crippen molar-refractivity contribution in [2.24, 2.45) is 0 Å². The molecule has 7 heteroatoms. The molecule has 0 amide bonds. The van der Waals surface area contributed by atoms with E-state index in [1.165, 1.54) is 0 Å². The number of aromatic nitrogens is 2. The van der Waals surface area contributed by atoms with Crippen LogP contribution in [0.25, 0.3) is 4.72 Å². The van der Waals surface area contributed by atoms with Crippen molar-refractivity contribution in [2.45, 2.75) is 38.0 Å². The van der Waals surface area contributed by atoms with E-state index >= 15 is 0 Å². The highest BCUT2D eigenvalue weighted by atomic mass is 32.2. The van der Waals surface area contributed by atoms with E-state index in [0.717, 1.165) is 16.9 Å². The molecule has 0 spiro atoms. The average Bonchev–Trinajstić information content (AvgIpc) is 2.73. The van der Waals surface area contributed by atoms with Crippen molar-refractivity contribution in [1.82, 2.24) is 10.2 Å². The number of hydrogen-bond donors (Lipinski definition) is 0. The van der Waals surface area contributed by atoms with Gasteiger partial charge in [0.25, 0.3) is 0 Å². The van der Waals surface area contributed by atoms with Crippen LogP contribution in [0.5, 0.6) is 0 Å². The molecular weight excluding hydrogens is 294 g/mol. The molecule has 5 nitrogen and oxygen atoms in total. The third-order valence-corrected chi connectivity index (χ3v) is 4.86. The van der Waals surface area contributed by atoms with E-state index in [2.05, 4.69) is 35.7 Å². The van der Waals surface area contributed by atoms with Gasteiger partial charge in [-0.2, -0.15) is 0 Å². The second-order valence-corrected chi connectivity index (χ2v) is 8.21. The highest BCUT2D eigenvalue weighted by molar-refractivity contribution is 7.94. The summed E-state index contributed by atoms with van der Waals surface area (Å²) in [7, 11) is -3.73. The Morgan fingerprint density at radius 1 is 1.10 bits per heavy atom. The molecule has 0 bridgehead atoms. The molecular formula is C13H16N3O2S2-. The molecule has 0 unspecified atom stereocenters. The Morgan fingerprint density at radius 3 is 2.15 bits per heavy atom. The number of nitrogens with zero attached hydrogens (tertiary/aromatic N) is 3. The SMILES string of the molecule is Cc1nnc([N-]S(=O)(=O)c2ccc(C(C)(C)C)cc2)s1. The summed E-state index contributed by atoms with van der Waals surface area (Å²) in [6, 6.07) is 6.78. The van der Waals surface area contributed by atoms with Gasteiger partial charge >= 0.3 is 0 Å². The largest absolute Gasteiger partial charge is 0.342 e. The molecule has 0 aliphatic carbocycles. The summed E-state index contributed by atoms with van der Waals surface area (Å²) in [5.41, 5.74) is 1.05. The van der Waals surface area contributed by atoms with Crippen molar-refractivity contribution in [3.8, 4) is 0 Å². The van der Waals surface area contributed by atoms with E-state index in [9.17, 15) is 8.42 Å². The molecule has 1 aromatic carbocycles. The molecule has 0 saturated heterocycles. The summed E-state index contributed by atoms with van der Waals surface area (Å²) in [5, 5.41) is 8.29. The number of benzene rings is 1. The molecule has 0 radical (unpaired) electrons. The molecule has 20 heavy (non-hydrogen) atoms. The highest BCUT2D eigenvalue weighted by Crippen LogP contribution is 2.31. The van der Waals surface area contributed by atoms with Gasteiger partial charge in [-0.15, -0.1) is 11.3 Å². The molecule has 0 saturated carbocycles. The van der Waals surface area contributed by atoms with Crippen molar-refractivity contribution in [1.29, 1.82) is 0 Å². The molecule has 0 aliphatic heterocycles. The van der Waals surface area contributed by atoms with Crippen LogP contribution in [0.1, 0.15) is 31.3 Å². The van der Waals surface area contributed by atoms with Crippen LogP contribution in [0.3, 0.4) is 0 Å². The van der Waals surface area contributed by atoms with Gasteiger partial charge < -0.3 is 9.82 Å². The van der Waals surface area contributed by atoms with Crippen LogP contribution < -0.4 is 0 Å². The van der Waals surface area contributed by atoms with Gasteiger partial charge in [0, 0.05) is 5.13 Å². The van der Waals surface area contributed by atoms with Gasteiger partial charge in [-0.1, -0.05) is 32.9 Å². The van der Waals surface area contributed by atoms with Crippen LogP contribution in [0, 0.1) is 6.92 Å². The third-order valence-electron chi connectivity index (χ3n) is 2.73. The van der Waals surface area contributed by atoms with E-state index < -0.39 is 10.0 Å². The Labute approximate surface area is 123 Å². The molecule has 2 aromatic rings. The smallest absolute Gasteiger partial charge is 0.203 e. The van der Waals surface area contributed by atoms with E-state index in [1.54, 1.807) is 19.1 Å². The first-order chi connectivity index (χ1) is 9.18. The molecule has 0 fully saturated rings. The zero-order valence-electron chi connectivity index (χ0n) is 11.8. The minimum Gasteiger partial charge on any atom is -0.342 e. The lowest BCUT2D eigenvalue weighted by molar-refractivity contribution is 0.587. The lowest BCUT2D eigenvalue weighted by Gasteiger charge is -2.19. The van der Waals surface area contributed by atoms with Crippen LogP contribution in [-0.4, -0.2) is 18.6 Å². The van der Waals surface area contributed by atoms with Crippen molar-refractivity contribution < 1.29 is 8.42 Å². The maximum absolute atomic E-state index is 12.1. The molecule has 2 rings (SSSR count). The highest BCUT2D eigenvalue weighted by Gasteiger charge is 2.15. The lowest BCUT2D eigenvalue weighted by Crippen LogP contribution is -2.11. The van der Waals surface area contributed by atoms with Gasteiger partial charge in [-0.05, 0) is 30.0 Å². The number of sulfonamides is 1. The van der Waals surface area contributed by atoms with Crippen molar-refractivity contribution >= 4 is 26.5 Å². The minimum absolute atomic E-state index is 0.0181. The van der Waals surface area contributed by atoms with E-state index in [1.807, 2.05) is 12.1 Å². The van der Waals surface area contributed by atoms with Gasteiger partial charge in [-0.25, -0.2) is 8.42 Å². The summed E-state index contributed by atoms with van der Waals surface area (Å²) in [6.45, 7) is 7.97. The van der Waals surface area contributed by atoms with Gasteiger partial charge in [0.2, 0.25) is 10.0 Å². The number of aryl methyl sites for hydroxylation is 1. The summed E-state index contributed by atoms with van der Waals surface area (Å²) >= 11 is 1.15. The quantitative estimate of drug-likeness (QED) is 0.869. The fourth-order valence-electron chi connectivity index (χ4n) is 1.61. The fraction of sp³-hybridized carbons (Fsp3) is 0.385. The van der Waals surface area contributed by atoms with Gasteiger partial charge in [-0.3, -0.25) is 5.10 Å². The van der Waals surface area contributed by atoms with Gasteiger partial charge in [0.1, 0.15) is 0 Å². The first kappa shape index (κ1) is 14.9. The maximum atomic E-state index is 12.1. The Hall–Kier alpha value is -1.47. The van der Waals surface area contributed by atoms with E-state index in [0.29, 0.717) is 5.01 Å². The zero-order chi connectivity index (χ0) is 15.0. The number of rotatable bonds is 3. The lowest BCUT2D eigenvalue weighted by atomic mass is 9.87. The summed E-state index contributed by atoms with van der Waals surface area (Å²) in [5.74, 6) is 0. The predicted molar refractivity (Wildman–Crippen MR) is 80.0 cm³/mol. The second kappa shape index (κ2) is 5.14. The Morgan fingerprint density at radius 2 is 1.70 bits per heavy atom. The van der Waals surface area contributed by atoms with Crippen LogP contribution in [0.2, 0.25) is 0 Å². The van der Waals surface area contributed by atoms with Crippen molar-refractivity contribution in [3.63, 3.8) is 0 Å².